The van der Waals surface area contributed by atoms with E-state index in [0.717, 1.165) is 30.2 Å². The predicted molar refractivity (Wildman–Crippen MR) is 89.2 cm³/mol. The molecule has 116 valence electrons. The van der Waals surface area contributed by atoms with Gasteiger partial charge in [-0.1, -0.05) is 42.6 Å². The first-order valence-corrected chi connectivity index (χ1v) is 8.23. The molecular weight excluding hydrogens is 332 g/mol. The Labute approximate surface area is 135 Å². The largest absolute Gasteiger partial charge is 0.334 e. The Bertz CT molecular complexity index is 452. The summed E-state index contributed by atoms with van der Waals surface area (Å²) in [5.74, 6) is -1.01. The van der Waals surface area contributed by atoms with Gasteiger partial charge in [-0.15, -0.1) is 0 Å². The molecule has 0 aliphatic rings. The van der Waals surface area contributed by atoms with Gasteiger partial charge in [-0.3, -0.25) is 9.59 Å². The lowest BCUT2D eigenvalue weighted by molar-refractivity contribution is -0.143. The van der Waals surface area contributed by atoms with Gasteiger partial charge in [0.2, 0.25) is 0 Å². The minimum absolute atomic E-state index is 0.445. The van der Waals surface area contributed by atoms with Crippen molar-refractivity contribution in [2.75, 3.05) is 18.4 Å². The molecular formula is C16H23BrN2O2. The molecule has 1 rings (SSSR count). The van der Waals surface area contributed by atoms with E-state index >= 15 is 0 Å². The minimum Gasteiger partial charge on any atom is -0.334 e. The summed E-state index contributed by atoms with van der Waals surface area (Å²) in [6.07, 6.45) is 3.84. The molecule has 0 unspecified atom stereocenters. The summed E-state index contributed by atoms with van der Waals surface area (Å²) in [4.78, 5) is 25.9. The van der Waals surface area contributed by atoms with Crippen LogP contribution in [0.1, 0.15) is 39.5 Å². The summed E-state index contributed by atoms with van der Waals surface area (Å²) >= 11 is 3.33. The molecule has 0 saturated carbocycles. The monoisotopic (exact) mass is 354 g/mol. The fourth-order valence-corrected chi connectivity index (χ4v) is 2.14. The Morgan fingerprint density at radius 1 is 1.05 bits per heavy atom. The molecule has 2 amide bonds. The average Bonchev–Trinajstić information content (AvgIpc) is 2.49. The van der Waals surface area contributed by atoms with Crippen LogP contribution in [-0.2, 0) is 9.59 Å². The first-order valence-electron chi connectivity index (χ1n) is 7.44. The van der Waals surface area contributed by atoms with Crippen molar-refractivity contribution in [1.82, 2.24) is 4.90 Å². The fraction of sp³-hybridized carbons (Fsp3) is 0.500. The maximum atomic E-state index is 12.2. The van der Waals surface area contributed by atoms with Crippen LogP contribution in [0.2, 0.25) is 0 Å². The van der Waals surface area contributed by atoms with Crippen LogP contribution >= 0.6 is 15.9 Å². The minimum atomic E-state index is -0.565. The summed E-state index contributed by atoms with van der Waals surface area (Å²) < 4.78 is 0.930. The number of nitrogens with one attached hydrogen (secondary N) is 1. The molecule has 0 radical (unpaired) electrons. The number of carbonyl (C=O) groups excluding carboxylic acids is 2. The standard InChI is InChI=1S/C16H23BrN2O2/c1-3-5-11-19(12-6-4-2)16(21)15(20)18-14-9-7-13(17)8-10-14/h7-10H,3-6,11-12H2,1-2H3,(H,18,20). The highest BCUT2D eigenvalue weighted by Gasteiger charge is 2.20. The lowest BCUT2D eigenvalue weighted by Crippen LogP contribution is -2.40. The van der Waals surface area contributed by atoms with Crippen molar-refractivity contribution < 1.29 is 9.59 Å². The van der Waals surface area contributed by atoms with Gasteiger partial charge >= 0.3 is 11.8 Å². The van der Waals surface area contributed by atoms with Crippen molar-refractivity contribution in [2.45, 2.75) is 39.5 Å². The molecule has 0 aromatic heterocycles. The van der Waals surface area contributed by atoms with Gasteiger partial charge in [0.05, 0.1) is 0 Å². The van der Waals surface area contributed by atoms with Crippen LogP contribution in [0.3, 0.4) is 0 Å². The smallest absolute Gasteiger partial charge is 0.313 e. The van der Waals surface area contributed by atoms with E-state index in [4.69, 9.17) is 0 Å². The van der Waals surface area contributed by atoms with E-state index in [-0.39, 0.29) is 0 Å². The topological polar surface area (TPSA) is 49.4 Å². The zero-order valence-corrected chi connectivity index (χ0v) is 14.3. The van der Waals surface area contributed by atoms with Gasteiger partial charge in [-0.25, -0.2) is 0 Å². The molecule has 1 aromatic rings. The summed E-state index contributed by atoms with van der Waals surface area (Å²) in [7, 11) is 0. The lowest BCUT2D eigenvalue weighted by atomic mass is 10.2. The van der Waals surface area contributed by atoms with E-state index in [1.165, 1.54) is 0 Å². The van der Waals surface area contributed by atoms with Gasteiger partial charge in [0.25, 0.3) is 0 Å². The fourth-order valence-electron chi connectivity index (χ4n) is 1.87. The van der Waals surface area contributed by atoms with Crippen LogP contribution in [0, 0.1) is 0 Å². The Hall–Kier alpha value is -1.36. The first-order chi connectivity index (χ1) is 10.1. The number of carbonyl (C=O) groups is 2. The molecule has 0 aliphatic carbocycles. The molecule has 0 fully saturated rings. The second-order valence-corrected chi connectivity index (χ2v) is 5.88. The van der Waals surface area contributed by atoms with Crippen LogP contribution in [0.5, 0.6) is 0 Å². The Balaban J connectivity index is 2.63. The molecule has 21 heavy (non-hydrogen) atoms. The molecule has 1 aromatic carbocycles. The van der Waals surface area contributed by atoms with Crippen molar-refractivity contribution >= 4 is 33.4 Å². The molecule has 1 N–H and O–H groups in total. The van der Waals surface area contributed by atoms with Crippen LogP contribution in [-0.4, -0.2) is 29.8 Å². The highest BCUT2D eigenvalue weighted by Crippen LogP contribution is 2.14. The number of halogens is 1. The van der Waals surface area contributed by atoms with Gasteiger partial charge < -0.3 is 10.2 Å². The van der Waals surface area contributed by atoms with E-state index in [1.54, 1.807) is 17.0 Å². The molecule has 0 bridgehead atoms. The lowest BCUT2D eigenvalue weighted by Gasteiger charge is -2.21. The second kappa shape index (κ2) is 9.55. The van der Waals surface area contributed by atoms with E-state index in [2.05, 4.69) is 35.1 Å². The summed E-state index contributed by atoms with van der Waals surface area (Å²) in [6, 6.07) is 7.17. The summed E-state index contributed by atoms with van der Waals surface area (Å²) in [5.41, 5.74) is 0.627. The number of hydrogen-bond acceptors (Lipinski definition) is 2. The van der Waals surface area contributed by atoms with Crippen LogP contribution in [0.15, 0.2) is 28.7 Å². The predicted octanol–water partition coefficient (Wildman–Crippen LogP) is 3.82. The SMILES string of the molecule is CCCCN(CCCC)C(=O)C(=O)Nc1ccc(Br)cc1. The summed E-state index contributed by atoms with van der Waals surface area (Å²) in [6.45, 7) is 5.43. The third kappa shape index (κ3) is 6.29. The molecule has 0 saturated heterocycles. The average molecular weight is 355 g/mol. The number of hydrogen-bond donors (Lipinski definition) is 1. The number of anilines is 1. The number of benzene rings is 1. The maximum absolute atomic E-state index is 12.2. The zero-order chi connectivity index (χ0) is 15.7. The molecule has 0 aliphatic heterocycles. The van der Waals surface area contributed by atoms with E-state index in [0.29, 0.717) is 18.8 Å². The van der Waals surface area contributed by atoms with Crippen molar-refractivity contribution in [1.29, 1.82) is 0 Å². The Kier molecular flexibility index (Phi) is 8.05. The number of rotatable bonds is 7. The van der Waals surface area contributed by atoms with Gasteiger partial charge in [-0.2, -0.15) is 0 Å². The third-order valence-corrected chi connectivity index (χ3v) is 3.68. The molecule has 0 spiro atoms. The highest BCUT2D eigenvalue weighted by atomic mass is 79.9. The van der Waals surface area contributed by atoms with Crippen LogP contribution < -0.4 is 5.32 Å². The third-order valence-electron chi connectivity index (χ3n) is 3.15. The highest BCUT2D eigenvalue weighted by molar-refractivity contribution is 9.10. The second-order valence-electron chi connectivity index (χ2n) is 4.96. The van der Waals surface area contributed by atoms with Crippen molar-refractivity contribution in [3.63, 3.8) is 0 Å². The van der Waals surface area contributed by atoms with Gasteiger partial charge in [0.1, 0.15) is 0 Å². The van der Waals surface area contributed by atoms with Crippen molar-refractivity contribution in [2.24, 2.45) is 0 Å². The van der Waals surface area contributed by atoms with Crippen LogP contribution in [0.4, 0.5) is 5.69 Å². The maximum Gasteiger partial charge on any atom is 0.313 e. The van der Waals surface area contributed by atoms with Gasteiger partial charge in [0.15, 0.2) is 0 Å². The van der Waals surface area contributed by atoms with Crippen molar-refractivity contribution in [3.05, 3.63) is 28.7 Å². The van der Waals surface area contributed by atoms with Crippen LogP contribution in [0.25, 0.3) is 0 Å². The Morgan fingerprint density at radius 2 is 1.57 bits per heavy atom. The quantitative estimate of drug-likeness (QED) is 0.756. The van der Waals surface area contributed by atoms with Crippen molar-refractivity contribution in [3.8, 4) is 0 Å². The molecule has 5 heteroatoms. The van der Waals surface area contributed by atoms with E-state index in [9.17, 15) is 9.59 Å². The van der Waals surface area contributed by atoms with Gasteiger partial charge in [0, 0.05) is 23.2 Å². The number of nitrogens with zero attached hydrogens (tertiary/aromatic N) is 1. The zero-order valence-electron chi connectivity index (χ0n) is 12.7. The van der Waals surface area contributed by atoms with E-state index in [1.807, 2.05) is 12.1 Å². The molecule has 0 atom stereocenters. The summed E-state index contributed by atoms with van der Waals surface area (Å²) in [5, 5.41) is 2.65. The normalized spacial score (nSPS) is 10.2. The van der Waals surface area contributed by atoms with E-state index < -0.39 is 11.8 Å². The van der Waals surface area contributed by atoms with Gasteiger partial charge in [-0.05, 0) is 37.1 Å². The molecule has 0 heterocycles. The Morgan fingerprint density at radius 3 is 2.05 bits per heavy atom. The first kappa shape index (κ1) is 17.7. The number of unbranched alkanes of at least 4 members (excludes halogenated alkanes) is 2. The molecule has 4 nitrogen and oxygen atoms in total. The number of amides is 2.